The van der Waals surface area contributed by atoms with Crippen LogP contribution in [0.15, 0.2) is 18.2 Å². The predicted octanol–water partition coefficient (Wildman–Crippen LogP) is 2.21. The van der Waals surface area contributed by atoms with E-state index in [1.165, 1.54) is 19.1 Å². The van der Waals surface area contributed by atoms with Gasteiger partial charge in [0.05, 0.1) is 14.9 Å². The molecule has 26 heavy (non-hydrogen) atoms. The second-order valence-electron chi connectivity index (χ2n) is 4.90. The van der Waals surface area contributed by atoms with Crippen LogP contribution in [0.2, 0.25) is 5.02 Å². The molecule has 1 heterocycles. The number of benzene rings is 1. The minimum atomic E-state index is -1.04. The van der Waals surface area contributed by atoms with Crippen molar-refractivity contribution in [2.45, 2.75) is 13.5 Å². The van der Waals surface area contributed by atoms with Crippen LogP contribution in [-0.2, 0) is 11.3 Å². The van der Waals surface area contributed by atoms with Crippen LogP contribution in [0.3, 0.4) is 0 Å². The van der Waals surface area contributed by atoms with Crippen LogP contribution in [0.1, 0.15) is 5.69 Å². The molecule has 2 rings (SSSR count). The van der Waals surface area contributed by atoms with Crippen molar-refractivity contribution >= 4 is 40.4 Å². The van der Waals surface area contributed by atoms with Crippen LogP contribution >= 0.6 is 11.6 Å². The molecule has 0 fully saturated rings. The Morgan fingerprint density at radius 3 is 2.35 bits per heavy atom. The molecule has 0 aliphatic carbocycles. The van der Waals surface area contributed by atoms with Gasteiger partial charge >= 0.3 is 11.5 Å². The smallest absolute Gasteiger partial charge is 0.358 e. The first kappa shape index (κ1) is 18.7. The van der Waals surface area contributed by atoms with Crippen molar-refractivity contribution in [3.8, 4) is 0 Å². The molecule has 1 aromatic heterocycles. The second kappa shape index (κ2) is 7.10. The SMILES string of the molecule is Cc1c([N+](=O)[O-])c([N+](=O)[O-])nn1CC(=O)Nc1ccc(Cl)cc1[N+](=O)[O-]. The van der Waals surface area contributed by atoms with Crippen molar-refractivity contribution in [3.63, 3.8) is 0 Å². The maximum absolute atomic E-state index is 12.1. The number of nitrogens with zero attached hydrogens (tertiary/aromatic N) is 5. The Hall–Kier alpha value is -3.61. The van der Waals surface area contributed by atoms with Gasteiger partial charge in [0.1, 0.15) is 17.9 Å². The van der Waals surface area contributed by atoms with Gasteiger partial charge < -0.3 is 15.4 Å². The number of hydrogen-bond donors (Lipinski definition) is 1. The summed E-state index contributed by atoms with van der Waals surface area (Å²) in [5, 5.41) is 38.6. The first-order valence-electron chi connectivity index (χ1n) is 6.71. The molecule has 0 bridgehead atoms. The third-order valence-corrected chi connectivity index (χ3v) is 3.47. The Balaban J connectivity index is 2.29. The van der Waals surface area contributed by atoms with E-state index in [4.69, 9.17) is 11.6 Å². The molecule has 0 spiro atoms. The Bertz CT molecular complexity index is 940. The van der Waals surface area contributed by atoms with Crippen molar-refractivity contribution in [2.75, 3.05) is 5.32 Å². The molecule has 13 nitrogen and oxygen atoms in total. The lowest BCUT2D eigenvalue weighted by Crippen LogP contribution is -2.21. The predicted molar refractivity (Wildman–Crippen MR) is 87.0 cm³/mol. The lowest BCUT2D eigenvalue weighted by molar-refractivity contribution is -0.424. The fourth-order valence-corrected chi connectivity index (χ4v) is 2.27. The maximum atomic E-state index is 12.1. The molecule has 2 aromatic rings. The highest BCUT2D eigenvalue weighted by molar-refractivity contribution is 6.31. The van der Waals surface area contributed by atoms with E-state index < -0.39 is 44.4 Å². The van der Waals surface area contributed by atoms with Gasteiger partial charge in [-0.2, -0.15) is 4.68 Å². The normalized spacial score (nSPS) is 10.4. The molecule has 0 atom stereocenters. The second-order valence-corrected chi connectivity index (χ2v) is 5.33. The highest BCUT2D eigenvalue weighted by atomic mass is 35.5. The summed E-state index contributed by atoms with van der Waals surface area (Å²) in [4.78, 5) is 42.1. The standard InChI is InChI=1S/C12H9ClN6O7/c1-6-11(18(23)24)12(19(25)26)15-16(6)5-10(20)14-8-3-2-7(13)4-9(8)17(21)22/h2-4H,5H2,1H3,(H,14,20). The fraction of sp³-hybridized carbons (Fsp3) is 0.167. The van der Waals surface area contributed by atoms with E-state index in [1.54, 1.807) is 0 Å². The van der Waals surface area contributed by atoms with E-state index in [9.17, 15) is 35.1 Å². The average molecular weight is 385 g/mol. The summed E-state index contributed by atoms with van der Waals surface area (Å²) >= 11 is 5.67. The number of nitro benzene ring substituents is 1. The van der Waals surface area contributed by atoms with Crippen LogP contribution in [0.4, 0.5) is 22.9 Å². The molecule has 0 saturated heterocycles. The Kier molecular flexibility index (Phi) is 5.11. The number of rotatable bonds is 6. The van der Waals surface area contributed by atoms with Gasteiger partial charge in [0.25, 0.3) is 5.69 Å². The first-order valence-corrected chi connectivity index (χ1v) is 7.09. The van der Waals surface area contributed by atoms with Gasteiger partial charge in [0, 0.05) is 11.1 Å². The van der Waals surface area contributed by atoms with Gasteiger partial charge in [0.2, 0.25) is 5.91 Å². The van der Waals surface area contributed by atoms with Gasteiger partial charge in [-0.1, -0.05) is 11.6 Å². The summed E-state index contributed by atoms with van der Waals surface area (Å²) in [6.45, 7) is 0.566. The number of carbonyl (C=O) groups is 1. The average Bonchev–Trinajstić information content (AvgIpc) is 2.86. The molecule has 0 radical (unpaired) electrons. The van der Waals surface area contributed by atoms with Gasteiger partial charge in [-0.25, -0.2) is 0 Å². The molecule has 1 aromatic carbocycles. The molecule has 14 heteroatoms. The number of hydrogen-bond acceptors (Lipinski definition) is 8. The number of carbonyl (C=O) groups excluding carboxylic acids is 1. The van der Waals surface area contributed by atoms with Crippen molar-refractivity contribution in [2.24, 2.45) is 0 Å². The first-order chi connectivity index (χ1) is 12.1. The molecule has 0 aliphatic rings. The third-order valence-electron chi connectivity index (χ3n) is 3.24. The molecule has 0 aliphatic heterocycles. The van der Waals surface area contributed by atoms with E-state index in [-0.39, 0.29) is 16.4 Å². The van der Waals surface area contributed by atoms with Crippen molar-refractivity contribution < 1.29 is 19.6 Å². The van der Waals surface area contributed by atoms with Crippen molar-refractivity contribution in [1.82, 2.24) is 9.78 Å². The molecular weight excluding hydrogens is 376 g/mol. The number of halogens is 1. The van der Waals surface area contributed by atoms with E-state index in [0.29, 0.717) is 0 Å². The zero-order chi connectivity index (χ0) is 19.6. The Morgan fingerprint density at radius 1 is 1.19 bits per heavy atom. The van der Waals surface area contributed by atoms with Crippen molar-refractivity contribution in [1.29, 1.82) is 0 Å². The summed E-state index contributed by atoms with van der Waals surface area (Å²) in [5.74, 6) is -1.83. The molecule has 1 amide bonds. The zero-order valence-corrected chi connectivity index (χ0v) is 13.7. The lowest BCUT2D eigenvalue weighted by Gasteiger charge is -2.05. The van der Waals surface area contributed by atoms with Crippen LogP contribution in [-0.4, -0.2) is 30.5 Å². The minimum Gasteiger partial charge on any atom is -0.358 e. The number of amides is 1. The molecular formula is C12H9ClN6O7. The molecule has 0 unspecified atom stereocenters. The summed E-state index contributed by atoms with van der Waals surface area (Å²) in [7, 11) is 0. The highest BCUT2D eigenvalue weighted by Crippen LogP contribution is 2.30. The van der Waals surface area contributed by atoms with Gasteiger partial charge in [-0.3, -0.25) is 25.0 Å². The van der Waals surface area contributed by atoms with Crippen molar-refractivity contribution in [3.05, 3.63) is 59.3 Å². The number of nitro groups is 3. The summed E-state index contributed by atoms with van der Waals surface area (Å²) < 4.78 is 0.771. The van der Waals surface area contributed by atoms with E-state index in [0.717, 1.165) is 10.7 Å². The van der Waals surface area contributed by atoms with Crippen LogP contribution in [0.5, 0.6) is 0 Å². The number of anilines is 1. The van der Waals surface area contributed by atoms with Gasteiger partial charge in [-0.15, -0.1) is 0 Å². The van der Waals surface area contributed by atoms with Gasteiger partial charge in [-0.05, 0) is 24.0 Å². The summed E-state index contributed by atoms with van der Waals surface area (Å²) in [6.07, 6.45) is 0. The lowest BCUT2D eigenvalue weighted by atomic mass is 10.2. The Morgan fingerprint density at radius 2 is 1.85 bits per heavy atom. The van der Waals surface area contributed by atoms with Crippen LogP contribution in [0, 0.1) is 37.3 Å². The molecule has 0 saturated carbocycles. The molecule has 1 N–H and O–H groups in total. The zero-order valence-electron chi connectivity index (χ0n) is 12.9. The molecule has 136 valence electrons. The fourth-order valence-electron chi connectivity index (χ4n) is 2.10. The van der Waals surface area contributed by atoms with Crippen LogP contribution in [0.25, 0.3) is 0 Å². The minimum absolute atomic E-state index is 0.0869. The van der Waals surface area contributed by atoms with E-state index in [2.05, 4.69) is 10.4 Å². The number of nitrogens with one attached hydrogen (secondary N) is 1. The maximum Gasteiger partial charge on any atom is 0.468 e. The summed E-state index contributed by atoms with van der Waals surface area (Å²) in [6, 6.07) is 3.56. The largest absolute Gasteiger partial charge is 0.468 e. The highest BCUT2D eigenvalue weighted by Gasteiger charge is 2.35. The van der Waals surface area contributed by atoms with Crippen LogP contribution < -0.4 is 5.32 Å². The quantitative estimate of drug-likeness (QED) is 0.581. The monoisotopic (exact) mass is 384 g/mol. The van der Waals surface area contributed by atoms with Gasteiger partial charge in [0.15, 0.2) is 0 Å². The third kappa shape index (κ3) is 3.72. The topological polar surface area (TPSA) is 176 Å². The summed E-state index contributed by atoms with van der Waals surface area (Å²) in [5.41, 5.74) is -1.65. The number of aromatic nitrogens is 2. The van der Waals surface area contributed by atoms with E-state index in [1.807, 2.05) is 0 Å². The Labute approximate surface area is 148 Å². The van der Waals surface area contributed by atoms with E-state index >= 15 is 0 Å².